The van der Waals surface area contributed by atoms with Crippen molar-refractivity contribution in [1.82, 2.24) is 4.90 Å². The number of ether oxygens (including phenoxy) is 1. The first-order chi connectivity index (χ1) is 7.18. The van der Waals surface area contributed by atoms with Gasteiger partial charge in [0, 0.05) is 19.1 Å². The van der Waals surface area contributed by atoms with E-state index in [1.807, 2.05) is 6.92 Å². The van der Waals surface area contributed by atoms with E-state index in [1.165, 1.54) is 19.3 Å². The third-order valence-corrected chi connectivity index (χ3v) is 4.78. The molecule has 3 heteroatoms. The van der Waals surface area contributed by atoms with Crippen molar-refractivity contribution in [3.05, 3.63) is 0 Å². The molecule has 15 heavy (non-hydrogen) atoms. The van der Waals surface area contributed by atoms with Crippen LogP contribution in [0, 0.1) is 11.8 Å². The van der Waals surface area contributed by atoms with E-state index in [-0.39, 0.29) is 0 Å². The van der Waals surface area contributed by atoms with Gasteiger partial charge >= 0.3 is 0 Å². The van der Waals surface area contributed by atoms with Gasteiger partial charge in [0.1, 0.15) is 0 Å². The number of nitrogens with zero attached hydrogens (tertiary/aromatic N) is 1. The van der Waals surface area contributed by atoms with Crippen molar-refractivity contribution in [1.29, 1.82) is 0 Å². The third-order valence-electron chi connectivity index (χ3n) is 4.78. The molecule has 4 aliphatic rings. The van der Waals surface area contributed by atoms with E-state index in [1.54, 1.807) is 0 Å². The van der Waals surface area contributed by atoms with Gasteiger partial charge in [0.05, 0.1) is 18.8 Å². The van der Waals surface area contributed by atoms with Gasteiger partial charge in [-0.05, 0) is 38.0 Å². The number of hydrogen-bond donors (Lipinski definition) is 1. The van der Waals surface area contributed by atoms with Gasteiger partial charge in [-0.1, -0.05) is 0 Å². The van der Waals surface area contributed by atoms with Crippen LogP contribution in [0.4, 0.5) is 0 Å². The molecule has 4 rings (SSSR count). The second kappa shape index (κ2) is 3.44. The van der Waals surface area contributed by atoms with E-state index in [9.17, 15) is 5.11 Å². The fourth-order valence-corrected chi connectivity index (χ4v) is 3.64. The highest BCUT2D eigenvalue weighted by molar-refractivity contribution is 5.07. The molecule has 0 spiro atoms. The maximum atomic E-state index is 10.6. The van der Waals surface area contributed by atoms with Gasteiger partial charge in [-0.25, -0.2) is 0 Å². The van der Waals surface area contributed by atoms with Crippen LogP contribution in [0.3, 0.4) is 0 Å². The third kappa shape index (κ3) is 1.52. The first-order valence-electron chi connectivity index (χ1n) is 6.22. The molecule has 3 aliphatic carbocycles. The highest BCUT2D eigenvalue weighted by atomic mass is 16.5. The Labute approximate surface area is 91.4 Å². The zero-order chi connectivity index (χ0) is 10.5. The SMILES string of the molecule is CC1(O)C2CC(C2)CC1N1CCOCC1. The molecule has 2 atom stereocenters. The van der Waals surface area contributed by atoms with Crippen LogP contribution in [0.25, 0.3) is 0 Å². The molecule has 0 radical (unpaired) electrons. The summed E-state index contributed by atoms with van der Waals surface area (Å²) in [5.41, 5.74) is -0.452. The molecule has 0 aromatic rings. The Morgan fingerprint density at radius 3 is 2.47 bits per heavy atom. The molecule has 0 aromatic carbocycles. The summed E-state index contributed by atoms with van der Waals surface area (Å²) in [6.07, 6.45) is 3.71. The van der Waals surface area contributed by atoms with Crippen molar-refractivity contribution in [2.45, 2.75) is 37.8 Å². The minimum atomic E-state index is -0.452. The Hall–Kier alpha value is -0.120. The van der Waals surface area contributed by atoms with Crippen molar-refractivity contribution >= 4 is 0 Å². The van der Waals surface area contributed by atoms with Gasteiger partial charge in [-0.3, -0.25) is 4.90 Å². The Balaban J connectivity index is 1.73. The zero-order valence-electron chi connectivity index (χ0n) is 9.48. The van der Waals surface area contributed by atoms with Crippen molar-refractivity contribution in [2.75, 3.05) is 26.3 Å². The molecule has 3 saturated carbocycles. The van der Waals surface area contributed by atoms with Gasteiger partial charge in [0.25, 0.3) is 0 Å². The molecule has 1 heterocycles. The molecule has 1 saturated heterocycles. The van der Waals surface area contributed by atoms with E-state index >= 15 is 0 Å². The minimum Gasteiger partial charge on any atom is -0.388 e. The number of hydrogen-bond acceptors (Lipinski definition) is 3. The quantitative estimate of drug-likeness (QED) is 0.698. The largest absolute Gasteiger partial charge is 0.388 e. The highest BCUT2D eigenvalue weighted by Gasteiger charge is 2.54. The molecule has 4 fully saturated rings. The number of aliphatic hydroxyl groups is 1. The van der Waals surface area contributed by atoms with Crippen molar-refractivity contribution in [3.8, 4) is 0 Å². The van der Waals surface area contributed by atoms with E-state index < -0.39 is 5.60 Å². The zero-order valence-corrected chi connectivity index (χ0v) is 9.48. The Morgan fingerprint density at radius 1 is 1.20 bits per heavy atom. The van der Waals surface area contributed by atoms with Gasteiger partial charge in [-0.2, -0.15) is 0 Å². The average Bonchev–Trinajstić information content (AvgIpc) is 2.16. The second-order valence-electron chi connectivity index (χ2n) is 5.66. The molecule has 1 aliphatic heterocycles. The van der Waals surface area contributed by atoms with Gasteiger partial charge in [0.2, 0.25) is 0 Å². The lowest BCUT2D eigenvalue weighted by Gasteiger charge is -2.58. The van der Waals surface area contributed by atoms with E-state index in [0.717, 1.165) is 32.2 Å². The Kier molecular flexibility index (Phi) is 2.31. The summed E-state index contributed by atoms with van der Waals surface area (Å²) in [6.45, 7) is 5.72. The first kappa shape index (κ1) is 10.1. The maximum Gasteiger partial charge on any atom is 0.0802 e. The van der Waals surface area contributed by atoms with Crippen LogP contribution in [-0.4, -0.2) is 48.0 Å². The molecular weight excluding hydrogens is 190 g/mol. The number of rotatable bonds is 1. The number of morpholine rings is 1. The van der Waals surface area contributed by atoms with Crippen LogP contribution in [0.15, 0.2) is 0 Å². The average molecular weight is 211 g/mol. The highest BCUT2D eigenvalue weighted by Crippen LogP contribution is 2.52. The topological polar surface area (TPSA) is 32.7 Å². The van der Waals surface area contributed by atoms with Crippen LogP contribution in [0.5, 0.6) is 0 Å². The fourth-order valence-electron chi connectivity index (χ4n) is 3.64. The van der Waals surface area contributed by atoms with Crippen LogP contribution in [0.2, 0.25) is 0 Å². The van der Waals surface area contributed by atoms with Crippen LogP contribution >= 0.6 is 0 Å². The lowest BCUT2D eigenvalue weighted by atomic mass is 9.56. The monoisotopic (exact) mass is 211 g/mol. The first-order valence-corrected chi connectivity index (χ1v) is 6.22. The molecule has 1 N–H and O–H groups in total. The smallest absolute Gasteiger partial charge is 0.0802 e. The summed E-state index contributed by atoms with van der Waals surface area (Å²) in [5, 5.41) is 10.6. The minimum absolute atomic E-state index is 0.388. The molecule has 2 unspecified atom stereocenters. The summed E-state index contributed by atoms with van der Waals surface area (Å²) < 4.78 is 5.37. The van der Waals surface area contributed by atoms with Crippen LogP contribution in [0.1, 0.15) is 26.2 Å². The standard InChI is InChI=1S/C12H21NO2/c1-12(14)10-6-9(7-10)8-11(12)13-2-4-15-5-3-13/h9-11,14H,2-8H2,1H3. The van der Waals surface area contributed by atoms with E-state index in [0.29, 0.717) is 12.0 Å². The summed E-state index contributed by atoms with van der Waals surface area (Å²) >= 11 is 0. The molecule has 0 amide bonds. The Morgan fingerprint density at radius 2 is 1.87 bits per heavy atom. The van der Waals surface area contributed by atoms with Crippen molar-refractivity contribution in [3.63, 3.8) is 0 Å². The fraction of sp³-hybridized carbons (Fsp3) is 1.00. The predicted molar refractivity (Wildman–Crippen MR) is 57.6 cm³/mol. The molecule has 2 bridgehead atoms. The van der Waals surface area contributed by atoms with E-state index in [4.69, 9.17) is 4.74 Å². The summed E-state index contributed by atoms with van der Waals surface area (Å²) in [6, 6.07) is 0.388. The molecule has 86 valence electrons. The Bertz CT molecular complexity index is 242. The summed E-state index contributed by atoms with van der Waals surface area (Å²) in [4.78, 5) is 2.45. The van der Waals surface area contributed by atoms with Crippen LogP contribution < -0.4 is 0 Å². The predicted octanol–water partition coefficient (Wildman–Crippen LogP) is 0.868. The second-order valence-corrected chi connectivity index (χ2v) is 5.66. The lowest BCUT2D eigenvalue weighted by Crippen LogP contribution is -2.64. The number of fused-ring (bicyclic) bond motifs is 2. The van der Waals surface area contributed by atoms with Crippen molar-refractivity contribution in [2.24, 2.45) is 11.8 Å². The summed E-state index contributed by atoms with van der Waals surface area (Å²) in [7, 11) is 0. The molecular formula is C12H21NO2. The van der Waals surface area contributed by atoms with E-state index in [2.05, 4.69) is 4.90 Å². The molecule has 0 aromatic heterocycles. The van der Waals surface area contributed by atoms with Gasteiger partial charge in [-0.15, -0.1) is 0 Å². The maximum absolute atomic E-state index is 10.6. The normalized spacial score (nSPS) is 51.2. The van der Waals surface area contributed by atoms with Gasteiger partial charge in [0.15, 0.2) is 0 Å². The van der Waals surface area contributed by atoms with Crippen LogP contribution in [-0.2, 0) is 4.74 Å². The van der Waals surface area contributed by atoms with Crippen molar-refractivity contribution < 1.29 is 9.84 Å². The van der Waals surface area contributed by atoms with Gasteiger partial charge < -0.3 is 9.84 Å². The lowest BCUT2D eigenvalue weighted by molar-refractivity contribution is -0.171. The molecule has 3 nitrogen and oxygen atoms in total. The summed E-state index contributed by atoms with van der Waals surface area (Å²) in [5.74, 6) is 1.45.